The average Bonchev–Trinajstić information content (AvgIpc) is 2.64. The summed E-state index contributed by atoms with van der Waals surface area (Å²) < 4.78 is 4.77. The topological polar surface area (TPSA) is 46.6 Å². The van der Waals surface area contributed by atoms with E-state index >= 15 is 0 Å². The highest BCUT2D eigenvalue weighted by molar-refractivity contribution is 6.03. The number of likely N-dealkylation sites (tertiary alicyclic amines) is 1. The van der Waals surface area contributed by atoms with Crippen LogP contribution in [0.2, 0.25) is 0 Å². The molecule has 1 aliphatic rings. The van der Waals surface area contributed by atoms with Gasteiger partial charge in [0.15, 0.2) is 0 Å². The Bertz CT molecular complexity index is 485. The van der Waals surface area contributed by atoms with Gasteiger partial charge in [-0.2, -0.15) is 0 Å². The summed E-state index contributed by atoms with van der Waals surface area (Å²) in [7, 11) is 1.32. The van der Waals surface area contributed by atoms with Crippen LogP contribution in [0.4, 0.5) is 0 Å². The normalized spacial score (nSPS) is 26.6. The molecule has 19 heavy (non-hydrogen) atoms. The summed E-state index contributed by atoms with van der Waals surface area (Å²) in [6.07, 6.45) is 0.505. The molecule has 0 spiro atoms. The maximum atomic E-state index is 12.5. The van der Waals surface area contributed by atoms with Gasteiger partial charge in [-0.3, -0.25) is 9.59 Å². The van der Waals surface area contributed by atoms with E-state index in [0.29, 0.717) is 13.0 Å². The quantitative estimate of drug-likeness (QED) is 0.617. The first-order valence-electron chi connectivity index (χ1n) is 6.42. The van der Waals surface area contributed by atoms with E-state index < -0.39 is 11.4 Å². The van der Waals surface area contributed by atoms with E-state index in [2.05, 4.69) is 0 Å². The van der Waals surface area contributed by atoms with Gasteiger partial charge >= 0.3 is 5.97 Å². The zero-order chi connectivity index (χ0) is 14.0. The zero-order valence-electron chi connectivity index (χ0n) is 11.6. The molecule has 1 amide bonds. The van der Waals surface area contributed by atoms with E-state index in [-0.39, 0.29) is 11.9 Å². The SMILES string of the molecule is COC(=O)[C@@]1(C)C[C@H](C)N(Cc2ccccc2)C1=O. The minimum absolute atomic E-state index is 0.0387. The summed E-state index contributed by atoms with van der Waals surface area (Å²) in [4.78, 5) is 26.0. The number of hydrogen-bond donors (Lipinski definition) is 0. The molecule has 0 unspecified atom stereocenters. The molecule has 1 fully saturated rings. The Balaban J connectivity index is 2.20. The van der Waals surface area contributed by atoms with E-state index in [0.717, 1.165) is 5.56 Å². The molecule has 1 saturated heterocycles. The monoisotopic (exact) mass is 261 g/mol. The van der Waals surface area contributed by atoms with Crippen LogP contribution in [-0.2, 0) is 20.9 Å². The Hall–Kier alpha value is -1.84. The van der Waals surface area contributed by atoms with Crippen LogP contribution in [-0.4, -0.2) is 29.9 Å². The first kappa shape index (κ1) is 13.6. The van der Waals surface area contributed by atoms with Gasteiger partial charge in [-0.1, -0.05) is 30.3 Å². The lowest BCUT2D eigenvalue weighted by Gasteiger charge is -2.23. The molecule has 2 rings (SSSR count). The number of hydrogen-bond acceptors (Lipinski definition) is 3. The maximum absolute atomic E-state index is 12.5. The van der Waals surface area contributed by atoms with Gasteiger partial charge in [0.25, 0.3) is 0 Å². The molecule has 0 saturated carbocycles. The minimum atomic E-state index is -1.04. The van der Waals surface area contributed by atoms with Crippen molar-refractivity contribution in [3.8, 4) is 0 Å². The maximum Gasteiger partial charge on any atom is 0.321 e. The lowest BCUT2D eigenvalue weighted by atomic mass is 9.87. The number of benzene rings is 1. The van der Waals surface area contributed by atoms with Gasteiger partial charge in [-0.25, -0.2) is 0 Å². The Morgan fingerprint density at radius 3 is 2.63 bits per heavy atom. The summed E-state index contributed by atoms with van der Waals surface area (Å²) in [5.74, 6) is -0.587. The molecular formula is C15H19NO3. The first-order valence-corrected chi connectivity index (χ1v) is 6.42. The molecule has 0 aromatic heterocycles. The molecule has 1 aliphatic heterocycles. The lowest BCUT2D eigenvalue weighted by molar-refractivity contribution is -0.157. The standard InChI is InChI=1S/C15H19NO3/c1-11-9-15(2,14(18)19-3)13(17)16(11)10-12-7-5-4-6-8-12/h4-8,11H,9-10H2,1-3H3/t11-,15-/m0/s1. The second-order valence-electron chi connectivity index (χ2n) is 5.30. The number of amides is 1. The molecule has 1 aromatic rings. The Morgan fingerprint density at radius 1 is 1.42 bits per heavy atom. The van der Waals surface area contributed by atoms with Gasteiger partial charge in [-0.15, -0.1) is 0 Å². The Kier molecular flexibility index (Phi) is 3.60. The number of carbonyl (C=O) groups is 2. The highest BCUT2D eigenvalue weighted by Crippen LogP contribution is 2.37. The van der Waals surface area contributed by atoms with Crippen LogP contribution in [0.15, 0.2) is 30.3 Å². The molecule has 0 radical (unpaired) electrons. The van der Waals surface area contributed by atoms with Gasteiger partial charge in [0.05, 0.1) is 7.11 Å². The largest absolute Gasteiger partial charge is 0.468 e. The molecule has 0 bridgehead atoms. The fourth-order valence-electron chi connectivity index (χ4n) is 2.71. The van der Waals surface area contributed by atoms with Gasteiger partial charge in [0.1, 0.15) is 5.41 Å². The smallest absolute Gasteiger partial charge is 0.321 e. The fraction of sp³-hybridized carbons (Fsp3) is 0.467. The zero-order valence-corrected chi connectivity index (χ0v) is 11.6. The molecule has 0 aliphatic carbocycles. The van der Waals surface area contributed by atoms with Crippen molar-refractivity contribution in [1.82, 2.24) is 4.90 Å². The summed E-state index contributed by atoms with van der Waals surface area (Å²) >= 11 is 0. The lowest BCUT2D eigenvalue weighted by Crippen LogP contribution is -2.39. The van der Waals surface area contributed by atoms with E-state index in [1.54, 1.807) is 11.8 Å². The van der Waals surface area contributed by atoms with Crippen LogP contribution in [0.1, 0.15) is 25.8 Å². The number of rotatable bonds is 3. The highest BCUT2D eigenvalue weighted by Gasteiger charge is 2.52. The van der Waals surface area contributed by atoms with Crippen molar-refractivity contribution in [2.45, 2.75) is 32.9 Å². The van der Waals surface area contributed by atoms with Gasteiger partial charge in [-0.05, 0) is 25.8 Å². The van der Waals surface area contributed by atoms with Gasteiger partial charge in [0, 0.05) is 12.6 Å². The van der Waals surface area contributed by atoms with Crippen molar-refractivity contribution in [2.24, 2.45) is 5.41 Å². The first-order chi connectivity index (χ1) is 8.99. The van der Waals surface area contributed by atoms with E-state index in [1.165, 1.54) is 7.11 Å². The number of ether oxygens (including phenoxy) is 1. The van der Waals surface area contributed by atoms with Crippen LogP contribution in [0.3, 0.4) is 0 Å². The molecule has 2 atom stereocenters. The Labute approximate surface area is 113 Å². The van der Waals surface area contributed by atoms with E-state index in [9.17, 15) is 9.59 Å². The molecule has 0 N–H and O–H groups in total. The van der Waals surface area contributed by atoms with Crippen molar-refractivity contribution in [3.05, 3.63) is 35.9 Å². The minimum Gasteiger partial charge on any atom is -0.468 e. The van der Waals surface area contributed by atoms with Crippen molar-refractivity contribution < 1.29 is 14.3 Å². The molecule has 4 heteroatoms. The predicted molar refractivity (Wildman–Crippen MR) is 71.2 cm³/mol. The summed E-state index contributed by atoms with van der Waals surface area (Å²) in [6, 6.07) is 9.83. The van der Waals surface area contributed by atoms with Gasteiger partial charge < -0.3 is 9.64 Å². The molecule has 1 aromatic carbocycles. The molecule has 1 heterocycles. The van der Waals surface area contributed by atoms with Crippen LogP contribution in [0.5, 0.6) is 0 Å². The Morgan fingerprint density at radius 2 is 2.05 bits per heavy atom. The second-order valence-corrected chi connectivity index (χ2v) is 5.30. The van der Waals surface area contributed by atoms with Crippen molar-refractivity contribution in [2.75, 3.05) is 7.11 Å². The van der Waals surface area contributed by atoms with Crippen LogP contribution in [0, 0.1) is 5.41 Å². The molecule has 102 valence electrons. The summed E-state index contributed by atoms with van der Waals surface area (Å²) in [6.45, 7) is 4.17. The summed E-state index contributed by atoms with van der Waals surface area (Å²) in [5, 5.41) is 0. The number of nitrogens with zero attached hydrogens (tertiary/aromatic N) is 1. The predicted octanol–water partition coefficient (Wildman–Crippen LogP) is 1.99. The number of methoxy groups -OCH3 is 1. The number of esters is 1. The van der Waals surface area contributed by atoms with Crippen LogP contribution >= 0.6 is 0 Å². The van der Waals surface area contributed by atoms with Crippen molar-refractivity contribution >= 4 is 11.9 Å². The highest BCUT2D eigenvalue weighted by atomic mass is 16.5. The van der Waals surface area contributed by atoms with E-state index in [1.807, 2.05) is 37.3 Å². The summed E-state index contributed by atoms with van der Waals surface area (Å²) in [5.41, 5.74) is 0.0278. The van der Waals surface area contributed by atoms with Gasteiger partial charge in [0.2, 0.25) is 5.91 Å². The third kappa shape index (κ3) is 2.35. The van der Waals surface area contributed by atoms with Crippen molar-refractivity contribution in [1.29, 1.82) is 0 Å². The van der Waals surface area contributed by atoms with E-state index in [4.69, 9.17) is 4.74 Å². The van der Waals surface area contributed by atoms with Crippen molar-refractivity contribution in [3.63, 3.8) is 0 Å². The third-order valence-corrected chi connectivity index (χ3v) is 3.80. The van der Waals surface area contributed by atoms with Crippen LogP contribution < -0.4 is 0 Å². The van der Waals surface area contributed by atoms with Crippen LogP contribution in [0.25, 0.3) is 0 Å². The third-order valence-electron chi connectivity index (χ3n) is 3.80. The number of carbonyl (C=O) groups excluding carboxylic acids is 2. The fourth-order valence-corrected chi connectivity index (χ4v) is 2.71. The molecule has 4 nitrogen and oxygen atoms in total. The average molecular weight is 261 g/mol. The second kappa shape index (κ2) is 5.03. The molecular weight excluding hydrogens is 242 g/mol.